The van der Waals surface area contributed by atoms with E-state index in [1.807, 2.05) is 25.1 Å². The topological polar surface area (TPSA) is 96.1 Å². The number of aromatic nitrogens is 2. The van der Waals surface area contributed by atoms with Gasteiger partial charge in [-0.25, -0.2) is 0 Å². The summed E-state index contributed by atoms with van der Waals surface area (Å²) in [6.45, 7) is 3.51. The number of carbonyl (C=O) groups is 2. The van der Waals surface area contributed by atoms with Gasteiger partial charge in [-0.05, 0) is 37.6 Å². The minimum Gasteiger partial charge on any atom is -0.484 e. The molecule has 7 heteroatoms. The van der Waals surface area contributed by atoms with E-state index in [1.165, 1.54) is 0 Å². The second-order valence-electron chi connectivity index (χ2n) is 4.54. The van der Waals surface area contributed by atoms with Crippen LogP contribution in [0.1, 0.15) is 21.7 Å². The van der Waals surface area contributed by atoms with Crippen molar-refractivity contribution in [2.45, 2.75) is 13.8 Å². The third-order valence-corrected chi connectivity index (χ3v) is 2.61. The molecule has 0 spiro atoms. The summed E-state index contributed by atoms with van der Waals surface area (Å²) in [5.74, 6) is -0.361. The fourth-order valence-corrected chi connectivity index (χ4v) is 1.61. The number of carbonyl (C=O) groups excluding carboxylic acids is 2. The van der Waals surface area contributed by atoms with Crippen LogP contribution in [0.4, 0.5) is 0 Å². The molecule has 2 rings (SSSR count). The van der Waals surface area contributed by atoms with E-state index >= 15 is 0 Å². The van der Waals surface area contributed by atoms with E-state index in [2.05, 4.69) is 21.0 Å². The molecular weight excluding hydrogens is 272 g/mol. The van der Waals surface area contributed by atoms with Crippen molar-refractivity contribution in [2.24, 2.45) is 0 Å². The Morgan fingerprint density at radius 3 is 2.71 bits per heavy atom. The van der Waals surface area contributed by atoms with E-state index < -0.39 is 11.8 Å². The predicted octanol–water partition coefficient (Wildman–Crippen LogP) is 0.867. The van der Waals surface area contributed by atoms with Gasteiger partial charge in [-0.15, -0.1) is 0 Å². The van der Waals surface area contributed by atoms with Gasteiger partial charge >= 0.3 is 0 Å². The maximum Gasteiger partial charge on any atom is 0.290 e. The highest BCUT2D eigenvalue weighted by molar-refractivity contribution is 5.93. The molecule has 0 aliphatic carbocycles. The lowest BCUT2D eigenvalue weighted by atomic mass is 10.2. The van der Waals surface area contributed by atoms with Crippen LogP contribution in [-0.4, -0.2) is 28.6 Å². The smallest absolute Gasteiger partial charge is 0.290 e. The largest absolute Gasteiger partial charge is 0.484 e. The number of nitrogens with one attached hydrogen (secondary N) is 3. The van der Waals surface area contributed by atoms with Crippen LogP contribution in [-0.2, 0) is 4.79 Å². The van der Waals surface area contributed by atoms with E-state index in [0.29, 0.717) is 5.75 Å². The number of amides is 2. The van der Waals surface area contributed by atoms with Crippen molar-refractivity contribution in [3.05, 3.63) is 47.3 Å². The SMILES string of the molecule is Cc1cccc(OCC(=O)NNC(=O)c2cc(C)[nH]n2)c1. The molecule has 0 saturated heterocycles. The molecule has 0 aliphatic rings. The summed E-state index contributed by atoms with van der Waals surface area (Å²) in [6, 6.07) is 8.91. The Hall–Kier alpha value is -2.83. The van der Waals surface area contributed by atoms with Crippen molar-refractivity contribution in [3.8, 4) is 5.75 Å². The zero-order valence-corrected chi connectivity index (χ0v) is 11.8. The van der Waals surface area contributed by atoms with Gasteiger partial charge in [0.25, 0.3) is 11.8 Å². The van der Waals surface area contributed by atoms with Crippen LogP contribution >= 0.6 is 0 Å². The standard InChI is InChI=1S/C14H16N4O3/c1-9-4-3-5-11(6-9)21-8-13(19)17-18-14(20)12-7-10(2)15-16-12/h3-7H,8H2,1-2H3,(H,15,16)(H,17,19)(H,18,20). The van der Waals surface area contributed by atoms with Crippen LogP contribution < -0.4 is 15.6 Å². The number of nitrogens with zero attached hydrogens (tertiary/aromatic N) is 1. The van der Waals surface area contributed by atoms with Crippen molar-refractivity contribution >= 4 is 11.8 Å². The Kier molecular flexibility index (Phi) is 4.55. The Morgan fingerprint density at radius 2 is 2.05 bits per heavy atom. The number of benzene rings is 1. The van der Waals surface area contributed by atoms with Gasteiger partial charge < -0.3 is 4.74 Å². The molecule has 0 radical (unpaired) electrons. The quantitative estimate of drug-likeness (QED) is 0.727. The zero-order chi connectivity index (χ0) is 15.2. The first-order chi connectivity index (χ1) is 10.0. The molecule has 110 valence electrons. The van der Waals surface area contributed by atoms with Gasteiger partial charge in [-0.2, -0.15) is 5.10 Å². The van der Waals surface area contributed by atoms with Crippen LogP contribution in [0.15, 0.2) is 30.3 Å². The highest BCUT2D eigenvalue weighted by atomic mass is 16.5. The van der Waals surface area contributed by atoms with Gasteiger partial charge in [0, 0.05) is 5.69 Å². The molecule has 7 nitrogen and oxygen atoms in total. The van der Waals surface area contributed by atoms with Crippen LogP contribution in [0, 0.1) is 13.8 Å². The Morgan fingerprint density at radius 1 is 1.24 bits per heavy atom. The van der Waals surface area contributed by atoms with E-state index in [4.69, 9.17) is 4.74 Å². The van der Waals surface area contributed by atoms with Crippen molar-refractivity contribution in [1.82, 2.24) is 21.0 Å². The molecule has 0 unspecified atom stereocenters. The molecule has 3 N–H and O–H groups in total. The Bertz CT molecular complexity index is 651. The van der Waals surface area contributed by atoms with Gasteiger partial charge in [0.1, 0.15) is 5.75 Å². The summed E-state index contributed by atoms with van der Waals surface area (Å²) in [5, 5.41) is 6.42. The van der Waals surface area contributed by atoms with E-state index in [-0.39, 0.29) is 12.3 Å². The summed E-state index contributed by atoms with van der Waals surface area (Å²) in [5.41, 5.74) is 6.51. The van der Waals surface area contributed by atoms with Crippen molar-refractivity contribution in [3.63, 3.8) is 0 Å². The maximum atomic E-state index is 11.6. The fraction of sp³-hybridized carbons (Fsp3) is 0.214. The molecule has 1 aromatic carbocycles. The average molecular weight is 288 g/mol. The average Bonchev–Trinajstić information content (AvgIpc) is 2.89. The molecule has 1 heterocycles. The molecule has 0 saturated carbocycles. The molecular formula is C14H16N4O3. The third-order valence-electron chi connectivity index (χ3n) is 2.61. The lowest BCUT2D eigenvalue weighted by molar-refractivity contribution is -0.123. The van der Waals surface area contributed by atoms with E-state index in [0.717, 1.165) is 11.3 Å². The predicted molar refractivity (Wildman–Crippen MR) is 75.6 cm³/mol. The monoisotopic (exact) mass is 288 g/mol. The number of H-pyrrole nitrogens is 1. The normalized spacial score (nSPS) is 10.0. The molecule has 2 amide bonds. The van der Waals surface area contributed by atoms with Gasteiger partial charge in [-0.1, -0.05) is 12.1 Å². The first-order valence-corrected chi connectivity index (χ1v) is 6.35. The number of hydrogen-bond acceptors (Lipinski definition) is 4. The van der Waals surface area contributed by atoms with Crippen LogP contribution in [0.2, 0.25) is 0 Å². The Balaban J connectivity index is 1.76. The summed E-state index contributed by atoms with van der Waals surface area (Å²) in [6.07, 6.45) is 0. The number of hydrazine groups is 1. The highest BCUT2D eigenvalue weighted by Gasteiger charge is 2.10. The van der Waals surface area contributed by atoms with Gasteiger partial charge in [-0.3, -0.25) is 25.5 Å². The van der Waals surface area contributed by atoms with E-state index in [1.54, 1.807) is 19.1 Å². The molecule has 1 aromatic heterocycles. The van der Waals surface area contributed by atoms with Crippen LogP contribution in [0.3, 0.4) is 0 Å². The summed E-state index contributed by atoms with van der Waals surface area (Å²) >= 11 is 0. The van der Waals surface area contributed by atoms with Crippen LogP contribution in [0.5, 0.6) is 5.75 Å². The van der Waals surface area contributed by atoms with E-state index in [9.17, 15) is 9.59 Å². The molecule has 0 fully saturated rings. The highest BCUT2D eigenvalue weighted by Crippen LogP contribution is 2.11. The third kappa shape index (κ3) is 4.34. The minimum atomic E-state index is -0.497. The fourth-order valence-electron chi connectivity index (χ4n) is 1.61. The number of rotatable bonds is 4. The number of hydrogen-bond donors (Lipinski definition) is 3. The van der Waals surface area contributed by atoms with Gasteiger partial charge in [0.15, 0.2) is 12.3 Å². The maximum absolute atomic E-state index is 11.6. The summed E-state index contributed by atoms with van der Waals surface area (Å²) < 4.78 is 5.31. The number of aromatic amines is 1. The minimum absolute atomic E-state index is 0.191. The zero-order valence-electron chi connectivity index (χ0n) is 11.8. The molecule has 0 aliphatic heterocycles. The Labute approximate surface area is 121 Å². The van der Waals surface area contributed by atoms with Crippen LogP contribution in [0.25, 0.3) is 0 Å². The number of aryl methyl sites for hydroxylation is 2. The molecule has 0 atom stereocenters. The summed E-state index contributed by atoms with van der Waals surface area (Å²) in [4.78, 5) is 23.2. The summed E-state index contributed by atoms with van der Waals surface area (Å²) in [7, 11) is 0. The first kappa shape index (κ1) is 14.6. The number of ether oxygens (including phenoxy) is 1. The van der Waals surface area contributed by atoms with Gasteiger partial charge in [0.2, 0.25) is 0 Å². The van der Waals surface area contributed by atoms with Crippen molar-refractivity contribution in [1.29, 1.82) is 0 Å². The lowest BCUT2D eigenvalue weighted by Gasteiger charge is -2.08. The first-order valence-electron chi connectivity index (χ1n) is 6.35. The van der Waals surface area contributed by atoms with Crippen molar-refractivity contribution in [2.75, 3.05) is 6.61 Å². The van der Waals surface area contributed by atoms with Crippen molar-refractivity contribution < 1.29 is 14.3 Å². The molecule has 0 bridgehead atoms. The second kappa shape index (κ2) is 6.56. The lowest BCUT2D eigenvalue weighted by Crippen LogP contribution is -2.44. The van der Waals surface area contributed by atoms with Gasteiger partial charge in [0.05, 0.1) is 0 Å². The molecule has 21 heavy (non-hydrogen) atoms. The second-order valence-corrected chi connectivity index (χ2v) is 4.54. The molecule has 2 aromatic rings.